The lowest BCUT2D eigenvalue weighted by molar-refractivity contribution is -0.251. The van der Waals surface area contributed by atoms with Gasteiger partial charge >= 0.3 is 11.9 Å². The summed E-state index contributed by atoms with van der Waals surface area (Å²) in [7, 11) is 9.27. The number of hydrogen-bond donors (Lipinski definition) is 4. The highest BCUT2D eigenvalue weighted by Crippen LogP contribution is 2.66. The highest BCUT2D eigenvalue weighted by molar-refractivity contribution is 9.13. The molecule has 10 rings (SSSR count). The largest absolute Gasteiger partial charge is 0.465 e. The fourth-order valence-electron chi connectivity index (χ4n) is 9.85. The maximum absolute atomic E-state index is 14.3. The number of methoxy groups -OCH3 is 1. The molecule has 1 spiro atoms. The molecule has 5 atom stereocenters. The topological polar surface area (TPSA) is 155 Å². The standard InChI is InChI=1S/C52H45Br2N5O8S2/c1-26-19-37-46(60)51-44(49(62)67-52(51,63)47(37)69-26)38(45(66-51)28-9-18-39(53)40(54)20-28)25-55-29-10-7-27(8-11-29)24-56-50(68)57-30-12-15-33(48(61)64-6)36(21-30)43-34-16-13-31(58(2)3)22-41(34)65-42-23-32(59(4)5)14-17-35(42)43/h7-23,38,44-45,55,63H,24-25H2,1-6H3,(H-,56,57,61,68)/p+1. The van der Waals surface area contributed by atoms with Crippen molar-refractivity contribution in [3.8, 4) is 22.5 Å². The molecule has 0 amide bonds. The molecule has 69 heavy (non-hydrogen) atoms. The first-order chi connectivity index (χ1) is 33.0. The van der Waals surface area contributed by atoms with Gasteiger partial charge in [0.25, 0.3) is 5.79 Å². The van der Waals surface area contributed by atoms with E-state index in [0.717, 1.165) is 58.2 Å². The van der Waals surface area contributed by atoms with Gasteiger partial charge in [-0.25, -0.2) is 9.37 Å². The number of Topliss-reactive ketones (excluding diaryl/α,β-unsaturated/α-hetero) is 1. The van der Waals surface area contributed by atoms with Crippen molar-refractivity contribution in [1.29, 1.82) is 0 Å². The molecule has 2 fully saturated rings. The number of ether oxygens (including phenoxy) is 3. The fraction of sp³-hybridized carbons (Fsp3) is 0.250. The van der Waals surface area contributed by atoms with E-state index in [1.165, 1.54) is 18.4 Å². The summed E-state index contributed by atoms with van der Waals surface area (Å²) in [5.74, 6) is -4.83. The molecule has 0 radical (unpaired) electrons. The van der Waals surface area contributed by atoms with E-state index in [1.54, 1.807) is 18.2 Å². The molecule has 5 unspecified atom stereocenters. The van der Waals surface area contributed by atoms with Crippen molar-refractivity contribution in [2.75, 3.05) is 57.4 Å². The van der Waals surface area contributed by atoms with Crippen molar-refractivity contribution in [2.45, 2.75) is 31.0 Å². The van der Waals surface area contributed by atoms with Crippen molar-refractivity contribution >= 4 is 106 Å². The van der Waals surface area contributed by atoms with Crippen LogP contribution < -0.4 is 30.8 Å². The number of aliphatic hydroxyl groups is 1. The molecule has 2 aliphatic carbocycles. The van der Waals surface area contributed by atoms with Gasteiger partial charge in [0.05, 0.1) is 29.7 Å². The number of rotatable bonds is 10. The van der Waals surface area contributed by atoms with E-state index in [1.807, 2.05) is 130 Å². The second-order valence-electron chi connectivity index (χ2n) is 17.8. The Morgan fingerprint density at radius 3 is 2.41 bits per heavy atom. The van der Waals surface area contributed by atoms with Gasteiger partial charge < -0.3 is 44.6 Å². The van der Waals surface area contributed by atoms with Crippen LogP contribution in [0.25, 0.3) is 33.4 Å². The minimum Gasteiger partial charge on any atom is -0.465 e. The van der Waals surface area contributed by atoms with Gasteiger partial charge in [0.2, 0.25) is 16.7 Å². The molecule has 4 heterocycles. The fourth-order valence-corrected chi connectivity index (χ4v) is 11.8. The number of hydrogen-bond acceptors (Lipinski definition) is 12. The van der Waals surface area contributed by atoms with Crippen LogP contribution in [0.1, 0.15) is 47.7 Å². The number of thiophene rings is 1. The van der Waals surface area contributed by atoms with Crippen molar-refractivity contribution in [1.82, 2.24) is 9.89 Å². The third-order valence-electron chi connectivity index (χ3n) is 13.2. The maximum atomic E-state index is 14.3. The zero-order valence-electron chi connectivity index (χ0n) is 38.2. The molecule has 5 aliphatic rings. The molecule has 352 valence electrons. The molecule has 17 heteroatoms. The Bertz CT molecular complexity index is 3330. The van der Waals surface area contributed by atoms with Gasteiger partial charge in [-0.05, 0) is 134 Å². The van der Waals surface area contributed by atoms with Crippen LogP contribution in [-0.4, -0.2) is 75.4 Å². The highest BCUT2D eigenvalue weighted by Gasteiger charge is 2.82. The van der Waals surface area contributed by atoms with Gasteiger partial charge in [-0.1, -0.05) is 18.2 Å². The lowest BCUT2D eigenvalue weighted by atomic mass is 9.76. The average molecular weight is 1090 g/mol. The van der Waals surface area contributed by atoms with E-state index in [0.29, 0.717) is 50.3 Å². The van der Waals surface area contributed by atoms with Crippen LogP contribution in [0.2, 0.25) is 0 Å². The normalized spacial score (nSPS) is 21.1. The van der Waals surface area contributed by atoms with E-state index < -0.39 is 47.0 Å². The van der Waals surface area contributed by atoms with Crippen LogP contribution in [0, 0.1) is 18.8 Å². The van der Waals surface area contributed by atoms with Gasteiger partial charge in [-0.2, -0.15) is 0 Å². The lowest BCUT2D eigenvalue weighted by Gasteiger charge is -2.31. The third kappa shape index (κ3) is 7.83. The molecular weight excluding hydrogens is 1050 g/mol. The first-order valence-corrected chi connectivity index (χ1v) is 24.8. The average Bonchev–Trinajstić information content (AvgIpc) is 4.01. The summed E-state index contributed by atoms with van der Waals surface area (Å²) in [6, 6.07) is 32.6. The van der Waals surface area contributed by atoms with Crippen molar-refractivity contribution in [3.63, 3.8) is 0 Å². The quantitative estimate of drug-likeness (QED) is 0.0446. The molecule has 0 saturated carbocycles. The Kier molecular flexibility index (Phi) is 12.0. The smallest absolute Gasteiger partial charge is 0.338 e. The van der Waals surface area contributed by atoms with Gasteiger partial charge in [-0.3, -0.25) is 9.59 Å². The number of anilines is 3. The molecule has 4 N–H and O–H groups in total. The second-order valence-corrected chi connectivity index (χ2v) is 21.2. The molecule has 13 nitrogen and oxygen atoms in total. The first kappa shape index (κ1) is 46.8. The number of benzene rings is 5. The SMILES string of the molecule is COC(=O)c1ccc(NC(=S)NCc2ccc(NCC3C(c4ccc(Br)c(Br)c4)OC45C(=O)c6cc(C)sc6C4(O)OC(=O)C35)cc2)cc1-c1c2ccc(=[N+](C)C)cc-2oc2cc(N(C)C)ccc12. The van der Waals surface area contributed by atoms with Crippen LogP contribution >= 0.6 is 55.4 Å². The van der Waals surface area contributed by atoms with Crippen LogP contribution in [-0.2, 0) is 31.3 Å². The Morgan fingerprint density at radius 1 is 0.913 bits per heavy atom. The van der Waals surface area contributed by atoms with Crippen LogP contribution in [0.5, 0.6) is 0 Å². The van der Waals surface area contributed by atoms with Crippen LogP contribution in [0.15, 0.2) is 116 Å². The number of nitrogens with zero attached hydrogens (tertiary/aromatic N) is 2. The van der Waals surface area contributed by atoms with Gasteiger partial charge in [0.1, 0.15) is 31.4 Å². The summed E-state index contributed by atoms with van der Waals surface area (Å²) in [5.41, 5.74) is 5.83. The van der Waals surface area contributed by atoms with E-state index in [9.17, 15) is 19.5 Å². The predicted octanol–water partition coefficient (Wildman–Crippen LogP) is 9.22. The molecule has 4 aromatic carbocycles. The summed E-state index contributed by atoms with van der Waals surface area (Å²) in [4.78, 5) is 44.6. The molecule has 2 saturated heterocycles. The Hall–Kier alpha value is -5.95. The van der Waals surface area contributed by atoms with Gasteiger partial charge in [0, 0.05) is 98.2 Å². The summed E-state index contributed by atoms with van der Waals surface area (Å²) in [6.07, 6.45) is -0.732. The third-order valence-corrected chi connectivity index (χ3v) is 16.5. The van der Waals surface area contributed by atoms with Gasteiger partial charge in [-0.15, -0.1) is 11.3 Å². The number of carbonyl (C=O) groups excluding carboxylic acids is 3. The van der Waals surface area contributed by atoms with E-state index in [2.05, 4.69) is 47.8 Å². The van der Waals surface area contributed by atoms with Crippen molar-refractivity contribution in [3.05, 3.63) is 149 Å². The van der Waals surface area contributed by atoms with Crippen LogP contribution in [0.3, 0.4) is 0 Å². The monoisotopic (exact) mass is 1090 g/mol. The minimum absolute atomic E-state index is 0.232. The van der Waals surface area contributed by atoms with E-state index in [4.69, 9.17) is 30.8 Å². The zero-order valence-corrected chi connectivity index (χ0v) is 43.0. The number of thiocarbonyl (C=S) groups is 1. The van der Waals surface area contributed by atoms with E-state index in [-0.39, 0.29) is 6.54 Å². The summed E-state index contributed by atoms with van der Waals surface area (Å²) in [6.45, 7) is 2.47. The summed E-state index contributed by atoms with van der Waals surface area (Å²) >= 11 is 14.2. The molecular formula is C52H46Br2N5O8S2+. The second kappa shape index (κ2) is 17.8. The molecule has 5 aromatic rings. The lowest BCUT2D eigenvalue weighted by Crippen LogP contribution is -2.52. The Balaban J connectivity index is 0.873. The maximum Gasteiger partial charge on any atom is 0.338 e. The Morgan fingerprint density at radius 2 is 1.68 bits per heavy atom. The summed E-state index contributed by atoms with van der Waals surface area (Å²) in [5, 5.41) is 24.4. The number of ketones is 1. The molecule has 0 bridgehead atoms. The number of nitrogens with one attached hydrogen (secondary N) is 3. The predicted molar refractivity (Wildman–Crippen MR) is 278 cm³/mol. The molecule has 3 aliphatic heterocycles. The number of halogens is 2. The number of aryl methyl sites for hydroxylation is 1. The first-order valence-electron chi connectivity index (χ1n) is 22.0. The Labute approximate surface area is 423 Å². The number of carbonyl (C=O) groups is 3. The van der Waals surface area contributed by atoms with Crippen molar-refractivity contribution in [2.24, 2.45) is 11.8 Å². The number of fused-ring (bicyclic) bond motifs is 4. The van der Waals surface area contributed by atoms with Gasteiger partial charge in [0.15, 0.2) is 5.11 Å². The zero-order chi connectivity index (χ0) is 48.7. The minimum atomic E-state index is -2.23. The highest BCUT2D eigenvalue weighted by atomic mass is 79.9. The van der Waals surface area contributed by atoms with Crippen molar-refractivity contribution < 1.29 is 38.1 Å². The number of esters is 2. The molecule has 1 aromatic heterocycles. The van der Waals surface area contributed by atoms with Crippen LogP contribution in [0.4, 0.5) is 17.1 Å². The van der Waals surface area contributed by atoms with E-state index >= 15 is 0 Å². The summed E-state index contributed by atoms with van der Waals surface area (Å²) < 4.78 is 27.9.